The molecule has 0 spiro atoms. The predicted molar refractivity (Wildman–Crippen MR) is 313 cm³/mol. The minimum atomic E-state index is -5.66. The summed E-state index contributed by atoms with van der Waals surface area (Å²) in [5, 5.41) is 0. The first-order valence-electron chi connectivity index (χ1n) is 31.9. The van der Waals surface area contributed by atoms with Crippen LogP contribution in [0.1, 0.15) is 251 Å². The van der Waals surface area contributed by atoms with Crippen molar-refractivity contribution in [2.75, 3.05) is 19.6 Å². The molecule has 4 aromatic carbocycles. The molecule has 0 saturated heterocycles. The molecule has 0 aliphatic rings. The fourth-order valence-electron chi connectivity index (χ4n) is 11.1. The maximum Gasteiger partial charge on any atom is 0.864 e. The van der Waals surface area contributed by atoms with Gasteiger partial charge in [-0.3, -0.25) is 0 Å². The molecule has 540 valence electrons. The molecule has 0 saturated carbocycles. The molecular weight excluding hydrogens is 1320 g/mol. The van der Waals surface area contributed by atoms with Crippen molar-refractivity contribution in [2.45, 2.75) is 250 Å². The van der Waals surface area contributed by atoms with Crippen molar-refractivity contribution in [3.63, 3.8) is 0 Å². The van der Waals surface area contributed by atoms with E-state index in [1.54, 1.807) is 6.07 Å². The number of hydrogen-bond acceptors (Lipinski definition) is 3. The second kappa shape index (κ2) is 37.5. The van der Waals surface area contributed by atoms with Crippen LogP contribution in [0.3, 0.4) is 0 Å². The summed E-state index contributed by atoms with van der Waals surface area (Å²) < 4.78 is 353. The summed E-state index contributed by atoms with van der Waals surface area (Å²) in [6.07, 6.45) is -25.3. The number of benzene rings is 4. The van der Waals surface area contributed by atoms with Crippen LogP contribution in [-0.4, -0.2) is 31.4 Å². The molecule has 4 rings (SSSR count). The zero-order chi connectivity index (χ0) is 71.7. The summed E-state index contributed by atoms with van der Waals surface area (Å²) >= 11 is 0. The first-order chi connectivity index (χ1) is 44.0. The summed E-state index contributed by atoms with van der Waals surface area (Å²) in [5.41, 5.74) is -15.8. The number of nitrogens with zero attached hydrogens (tertiary/aromatic N) is 1. The maximum atomic E-state index is 16.1. The van der Waals surface area contributed by atoms with E-state index < -0.39 is 130 Å². The van der Waals surface area contributed by atoms with Crippen molar-refractivity contribution in [3.8, 4) is 17.2 Å². The van der Waals surface area contributed by atoms with Gasteiger partial charge in [-0.05, 0) is 93.5 Å². The Kier molecular flexibility index (Phi) is 33.1. The topological polar surface area (TPSA) is 27.7 Å². The molecule has 0 heterocycles. The maximum absolute atomic E-state index is 16.1. The average Bonchev–Trinajstić information content (AvgIpc) is 0.750. The Hall–Kier alpha value is -5.38. The van der Waals surface area contributed by atoms with Crippen LogP contribution in [0.4, 0.5) is 105 Å². The van der Waals surface area contributed by atoms with E-state index in [1.807, 2.05) is 27.7 Å². The van der Waals surface area contributed by atoms with Crippen LogP contribution in [0.2, 0.25) is 0 Å². The molecule has 95 heavy (non-hydrogen) atoms. The Morgan fingerprint density at radius 3 is 0.884 bits per heavy atom. The number of quaternary nitrogens is 1. The largest absolute Gasteiger partial charge is 0.864 e. The molecule has 0 N–H and O–H groups in total. The van der Waals surface area contributed by atoms with Gasteiger partial charge in [0.2, 0.25) is 0 Å². The normalized spacial score (nSPS) is 13.4. The van der Waals surface area contributed by atoms with Gasteiger partial charge in [0.15, 0.2) is 0 Å². The standard InChI is InChI=1S/C58H79BF18NO3.C8H3F6/c1-5-9-13-17-21-22-26-30-50(78(31-27-23-18-14-10-6-2,32-28-24-19-15-11-7-3)33-29-25-20-16-12-8-4)52-49(58(75,76)77)40-46(57(72,73)74)41-51(52)81-59(79-47-36-42(53(60,61)62)34-43(37-47)54(63,64)65)80-48-38-44(55(66,67)68)35-45(39-48)56(69,70)71;9-7(10,11)5-2-1-3-6(4-5)8(12,13)14/h34-41,50H,5-33H2,1-4H3;2-4H/q+1;-1. The SMILES string of the molecule is CCCCCCCCCC(c1c(OB(Oc2cc(C(F)(F)F)cc(C(F)(F)F)c2)Oc2cc(C(F)(F)F)cc(C(F)(F)F)c2)cc(C(F)(F)F)cc1C(F)(F)F)[N+](CCCCCCCC)(CCCCCCCC)CCCCCCCC.FC(F)(F)c1c[c-]cc(C(F)(F)F)c1. The third-order valence-corrected chi connectivity index (χ3v) is 16.0. The first-order valence-corrected chi connectivity index (χ1v) is 31.9. The highest BCUT2D eigenvalue weighted by Crippen LogP contribution is 2.50. The van der Waals surface area contributed by atoms with Gasteiger partial charge in [-0.25, -0.2) is 0 Å². The van der Waals surface area contributed by atoms with Gasteiger partial charge in [0.25, 0.3) is 0 Å². The molecule has 1 unspecified atom stereocenters. The molecule has 0 aliphatic heterocycles. The van der Waals surface area contributed by atoms with E-state index >= 15 is 26.3 Å². The van der Waals surface area contributed by atoms with Crippen molar-refractivity contribution in [3.05, 3.63) is 123 Å². The highest BCUT2D eigenvalue weighted by Gasteiger charge is 2.49. The third kappa shape index (κ3) is 29.3. The van der Waals surface area contributed by atoms with Crippen LogP contribution in [-0.2, 0) is 49.4 Å². The van der Waals surface area contributed by atoms with Crippen molar-refractivity contribution in [2.24, 2.45) is 0 Å². The second-order valence-corrected chi connectivity index (χ2v) is 23.7. The number of rotatable bonds is 37. The minimum absolute atomic E-state index is 0.0521. The molecule has 1 atom stereocenters. The molecular formula is C66H82BF24NO3. The Balaban J connectivity index is 0.00000148. The van der Waals surface area contributed by atoms with Gasteiger partial charge in [-0.2, -0.15) is 124 Å². The lowest BCUT2D eigenvalue weighted by atomic mass is 9.87. The van der Waals surface area contributed by atoms with Crippen molar-refractivity contribution >= 4 is 7.32 Å². The van der Waals surface area contributed by atoms with Gasteiger partial charge in [0.05, 0.1) is 58.6 Å². The highest BCUT2D eigenvalue weighted by molar-refractivity contribution is 6.39. The molecule has 4 nitrogen and oxygen atoms in total. The van der Waals surface area contributed by atoms with Crippen molar-refractivity contribution < 1.29 is 124 Å². The Labute approximate surface area is 539 Å². The summed E-state index contributed by atoms with van der Waals surface area (Å²) in [5.74, 6) is -4.47. The molecule has 0 bridgehead atoms. The van der Waals surface area contributed by atoms with Gasteiger partial charge in [-0.15, -0.1) is 6.07 Å². The lowest BCUT2D eigenvalue weighted by Gasteiger charge is -2.47. The predicted octanol–water partition coefficient (Wildman–Crippen LogP) is 25.9. The van der Waals surface area contributed by atoms with Crippen LogP contribution < -0.4 is 14.0 Å². The minimum Gasteiger partial charge on any atom is -0.490 e. The third-order valence-electron chi connectivity index (χ3n) is 16.0. The first kappa shape index (κ1) is 83.9. The molecule has 4 aromatic rings. The molecule has 29 heteroatoms. The van der Waals surface area contributed by atoms with Gasteiger partial charge in [0.1, 0.15) is 23.3 Å². The fraction of sp³-hybridized carbons (Fsp3) is 0.636. The zero-order valence-electron chi connectivity index (χ0n) is 53.3. The van der Waals surface area contributed by atoms with Crippen molar-refractivity contribution in [1.82, 2.24) is 0 Å². The van der Waals surface area contributed by atoms with E-state index in [-0.39, 0.29) is 91.6 Å². The summed E-state index contributed by atoms with van der Waals surface area (Å²) in [6, 6.07) is 0.240. The van der Waals surface area contributed by atoms with E-state index in [0.717, 1.165) is 103 Å². The molecule has 0 aliphatic carbocycles. The summed E-state index contributed by atoms with van der Waals surface area (Å²) in [4.78, 5) is 0. The second-order valence-electron chi connectivity index (χ2n) is 23.7. The number of unbranched alkanes of at least 4 members (excludes halogenated alkanes) is 21. The van der Waals surface area contributed by atoms with Gasteiger partial charge in [0, 0.05) is 6.42 Å². The Morgan fingerprint density at radius 1 is 0.316 bits per heavy atom. The quantitative estimate of drug-likeness (QED) is 0.0148. The lowest BCUT2D eigenvalue weighted by Crippen LogP contribution is -2.53. The summed E-state index contributed by atoms with van der Waals surface area (Å²) in [6.45, 7) is 8.66. The monoisotopic (exact) mass is 1400 g/mol. The van der Waals surface area contributed by atoms with E-state index in [2.05, 4.69) is 0 Å². The molecule has 0 radical (unpaired) electrons. The van der Waals surface area contributed by atoms with Crippen LogP contribution in [0.15, 0.2) is 66.7 Å². The van der Waals surface area contributed by atoms with E-state index in [9.17, 15) is 79.0 Å². The fourth-order valence-corrected chi connectivity index (χ4v) is 11.1. The average molecular weight is 1400 g/mol. The molecule has 0 aromatic heterocycles. The van der Waals surface area contributed by atoms with Crippen LogP contribution >= 0.6 is 0 Å². The molecule has 0 fully saturated rings. The van der Waals surface area contributed by atoms with E-state index in [1.165, 1.54) is 0 Å². The smallest absolute Gasteiger partial charge is 0.490 e. The van der Waals surface area contributed by atoms with Crippen LogP contribution in [0.25, 0.3) is 0 Å². The van der Waals surface area contributed by atoms with Crippen molar-refractivity contribution in [1.29, 1.82) is 0 Å². The number of alkyl halides is 24. The van der Waals surface area contributed by atoms with Crippen LogP contribution in [0.5, 0.6) is 17.2 Å². The Bertz CT molecular complexity index is 2640. The highest BCUT2D eigenvalue weighted by atomic mass is 19.4. The van der Waals surface area contributed by atoms with E-state index in [4.69, 9.17) is 14.0 Å². The van der Waals surface area contributed by atoms with Gasteiger partial charge < -0.3 is 18.4 Å². The molecule has 0 amide bonds. The number of hydrogen-bond donors (Lipinski definition) is 0. The van der Waals surface area contributed by atoms with E-state index in [0.29, 0.717) is 63.5 Å². The summed E-state index contributed by atoms with van der Waals surface area (Å²) in [7, 11) is -3.28. The number of halogens is 24. The van der Waals surface area contributed by atoms with Gasteiger partial charge in [-0.1, -0.05) is 154 Å². The Morgan fingerprint density at radius 2 is 0.589 bits per heavy atom. The van der Waals surface area contributed by atoms with Crippen LogP contribution in [0, 0.1) is 6.07 Å². The van der Waals surface area contributed by atoms with Gasteiger partial charge >= 0.3 is 56.7 Å². The lowest BCUT2D eigenvalue weighted by molar-refractivity contribution is -0.958. The zero-order valence-corrected chi connectivity index (χ0v) is 53.3.